The molecule has 0 bridgehead atoms. The highest BCUT2D eigenvalue weighted by Gasteiger charge is 2.11. The van der Waals surface area contributed by atoms with Gasteiger partial charge in [-0.3, -0.25) is 0 Å². The molecule has 2 rings (SSSR count). The van der Waals surface area contributed by atoms with Crippen LogP contribution in [-0.4, -0.2) is 41.0 Å². The number of aromatic nitrogens is 2. The van der Waals surface area contributed by atoms with E-state index in [1.165, 1.54) is 5.56 Å². The van der Waals surface area contributed by atoms with Crippen LogP contribution in [0.4, 0.5) is 5.82 Å². The topological polar surface area (TPSA) is 32.3 Å². The smallest absolute Gasteiger partial charge is 0.132 e. The van der Waals surface area contributed by atoms with Crippen molar-refractivity contribution in [3.63, 3.8) is 0 Å². The van der Waals surface area contributed by atoms with Crippen LogP contribution < -0.4 is 4.90 Å². The third-order valence-electron chi connectivity index (χ3n) is 3.91. The molecule has 0 N–H and O–H groups in total. The second kappa shape index (κ2) is 8.49. The number of anilines is 1. The highest BCUT2D eigenvalue weighted by Crippen LogP contribution is 2.14. The molecule has 0 saturated carbocycles. The molecule has 4 nitrogen and oxygen atoms in total. The Hall–Kier alpha value is -1.94. The molecule has 0 saturated heterocycles. The number of likely N-dealkylation sites (N-methyl/N-ethyl adjacent to an activating group) is 1. The van der Waals surface area contributed by atoms with E-state index in [1.807, 2.05) is 6.92 Å². The van der Waals surface area contributed by atoms with Gasteiger partial charge in [-0.1, -0.05) is 44.2 Å². The number of benzene rings is 1. The van der Waals surface area contributed by atoms with Crippen molar-refractivity contribution in [2.24, 2.45) is 0 Å². The van der Waals surface area contributed by atoms with Crippen LogP contribution >= 0.6 is 0 Å². The summed E-state index contributed by atoms with van der Waals surface area (Å²) in [6, 6.07) is 12.6. The Bertz CT molecular complexity index is 552. The lowest BCUT2D eigenvalue weighted by Gasteiger charge is -2.27. The van der Waals surface area contributed by atoms with E-state index < -0.39 is 0 Å². The number of rotatable bonds is 8. The van der Waals surface area contributed by atoms with Crippen LogP contribution in [-0.2, 0) is 6.54 Å². The summed E-state index contributed by atoms with van der Waals surface area (Å²) >= 11 is 0. The zero-order chi connectivity index (χ0) is 15.8. The average molecular weight is 298 g/mol. The first kappa shape index (κ1) is 16.4. The van der Waals surface area contributed by atoms with Gasteiger partial charge in [-0.25, -0.2) is 9.97 Å². The molecule has 0 aliphatic rings. The average Bonchev–Trinajstić information content (AvgIpc) is 2.55. The fourth-order valence-corrected chi connectivity index (χ4v) is 2.49. The van der Waals surface area contributed by atoms with Gasteiger partial charge in [0.05, 0.1) is 0 Å². The monoisotopic (exact) mass is 298 g/mol. The predicted molar refractivity (Wildman–Crippen MR) is 92.0 cm³/mol. The quantitative estimate of drug-likeness (QED) is 0.749. The summed E-state index contributed by atoms with van der Waals surface area (Å²) in [5.74, 6) is 1.00. The summed E-state index contributed by atoms with van der Waals surface area (Å²) < 4.78 is 0. The van der Waals surface area contributed by atoms with E-state index in [9.17, 15) is 0 Å². The summed E-state index contributed by atoms with van der Waals surface area (Å²) in [5, 5.41) is 0. The molecule has 1 aromatic carbocycles. The highest BCUT2D eigenvalue weighted by atomic mass is 15.2. The molecule has 2 aromatic rings. The minimum Gasteiger partial charge on any atom is -0.351 e. The molecule has 0 aliphatic carbocycles. The van der Waals surface area contributed by atoms with E-state index in [0.717, 1.165) is 44.2 Å². The standard InChI is InChI=1S/C18H26N4/c1-4-21(5-2)11-12-22(14-17-9-7-6-8-10-17)18-13-16(3)19-15-20-18/h6-10,13,15H,4-5,11-12,14H2,1-3H3. The molecule has 118 valence electrons. The Labute approximate surface area is 133 Å². The number of aryl methyl sites for hydroxylation is 1. The Balaban J connectivity index is 2.13. The van der Waals surface area contributed by atoms with Gasteiger partial charge in [-0.15, -0.1) is 0 Å². The summed E-state index contributed by atoms with van der Waals surface area (Å²) in [6.45, 7) is 11.5. The minimum atomic E-state index is 0.874. The van der Waals surface area contributed by atoms with Crippen molar-refractivity contribution in [1.82, 2.24) is 14.9 Å². The van der Waals surface area contributed by atoms with E-state index in [2.05, 4.69) is 70.0 Å². The summed E-state index contributed by atoms with van der Waals surface area (Å²) in [4.78, 5) is 13.4. The first-order valence-corrected chi connectivity index (χ1v) is 8.02. The fraction of sp³-hybridized carbons (Fsp3) is 0.444. The maximum Gasteiger partial charge on any atom is 0.132 e. The third kappa shape index (κ3) is 4.81. The second-order valence-corrected chi connectivity index (χ2v) is 5.45. The molecule has 22 heavy (non-hydrogen) atoms. The maximum absolute atomic E-state index is 4.46. The molecule has 0 amide bonds. The lowest BCUT2D eigenvalue weighted by atomic mass is 10.2. The molecule has 0 spiro atoms. The summed E-state index contributed by atoms with van der Waals surface area (Å²) in [7, 11) is 0. The van der Waals surface area contributed by atoms with Crippen molar-refractivity contribution < 1.29 is 0 Å². The van der Waals surface area contributed by atoms with E-state index in [0.29, 0.717) is 0 Å². The first-order chi connectivity index (χ1) is 10.7. The van der Waals surface area contributed by atoms with E-state index in [1.54, 1.807) is 6.33 Å². The van der Waals surface area contributed by atoms with Crippen LogP contribution in [0.15, 0.2) is 42.7 Å². The van der Waals surface area contributed by atoms with Crippen LogP contribution in [0.3, 0.4) is 0 Å². The van der Waals surface area contributed by atoms with Gasteiger partial charge in [-0.2, -0.15) is 0 Å². The van der Waals surface area contributed by atoms with Crippen molar-refractivity contribution in [3.05, 3.63) is 54.0 Å². The van der Waals surface area contributed by atoms with E-state index in [4.69, 9.17) is 0 Å². The lowest BCUT2D eigenvalue weighted by Crippen LogP contribution is -2.35. The normalized spacial score (nSPS) is 10.9. The van der Waals surface area contributed by atoms with Gasteiger partial charge in [0.15, 0.2) is 0 Å². The molecule has 0 unspecified atom stereocenters. The molecule has 0 fully saturated rings. The van der Waals surface area contributed by atoms with Crippen LogP contribution in [0, 0.1) is 6.92 Å². The van der Waals surface area contributed by atoms with Crippen molar-refractivity contribution in [2.45, 2.75) is 27.3 Å². The van der Waals surface area contributed by atoms with Crippen LogP contribution in [0.1, 0.15) is 25.1 Å². The second-order valence-electron chi connectivity index (χ2n) is 5.45. The molecular formula is C18H26N4. The Morgan fingerprint density at radius 3 is 2.32 bits per heavy atom. The third-order valence-corrected chi connectivity index (χ3v) is 3.91. The van der Waals surface area contributed by atoms with Crippen LogP contribution in [0.2, 0.25) is 0 Å². The minimum absolute atomic E-state index is 0.874. The SMILES string of the molecule is CCN(CC)CCN(Cc1ccccc1)c1cc(C)ncn1. The van der Waals surface area contributed by atoms with Gasteiger partial charge in [0.25, 0.3) is 0 Å². The van der Waals surface area contributed by atoms with Crippen molar-refractivity contribution in [1.29, 1.82) is 0 Å². The number of hydrogen-bond acceptors (Lipinski definition) is 4. The van der Waals surface area contributed by atoms with Gasteiger partial charge >= 0.3 is 0 Å². The van der Waals surface area contributed by atoms with Crippen LogP contribution in [0.5, 0.6) is 0 Å². The molecule has 0 atom stereocenters. The van der Waals surface area contributed by atoms with E-state index >= 15 is 0 Å². The molecule has 0 radical (unpaired) electrons. The van der Waals surface area contributed by atoms with Gasteiger partial charge < -0.3 is 9.80 Å². The van der Waals surface area contributed by atoms with Crippen molar-refractivity contribution in [3.8, 4) is 0 Å². The predicted octanol–water partition coefficient (Wildman–Crippen LogP) is 3.13. The summed E-state index contributed by atoms with van der Waals surface area (Å²) in [5.41, 5.74) is 2.31. The molecular weight excluding hydrogens is 272 g/mol. The van der Waals surface area contributed by atoms with Crippen molar-refractivity contribution in [2.75, 3.05) is 31.1 Å². The zero-order valence-corrected chi connectivity index (χ0v) is 13.9. The maximum atomic E-state index is 4.46. The largest absolute Gasteiger partial charge is 0.351 e. The Morgan fingerprint density at radius 2 is 1.68 bits per heavy atom. The van der Waals surface area contributed by atoms with E-state index in [-0.39, 0.29) is 0 Å². The van der Waals surface area contributed by atoms with Crippen LogP contribution in [0.25, 0.3) is 0 Å². The lowest BCUT2D eigenvalue weighted by molar-refractivity contribution is 0.309. The Morgan fingerprint density at radius 1 is 0.955 bits per heavy atom. The fourth-order valence-electron chi connectivity index (χ4n) is 2.49. The van der Waals surface area contributed by atoms with Gasteiger partial charge in [0.1, 0.15) is 12.1 Å². The number of hydrogen-bond donors (Lipinski definition) is 0. The molecule has 1 heterocycles. The molecule has 1 aromatic heterocycles. The van der Waals surface area contributed by atoms with Gasteiger partial charge in [0, 0.05) is 31.4 Å². The van der Waals surface area contributed by atoms with Crippen molar-refractivity contribution >= 4 is 5.82 Å². The van der Waals surface area contributed by atoms with Gasteiger partial charge in [0.2, 0.25) is 0 Å². The molecule has 4 heteroatoms. The summed E-state index contributed by atoms with van der Waals surface area (Å²) in [6.07, 6.45) is 1.65. The van der Waals surface area contributed by atoms with Gasteiger partial charge in [-0.05, 0) is 25.6 Å². The highest BCUT2D eigenvalue weighted by molar-refractivity contribution is 5.40. The number of nitrogens with zero attached hydrogens (tertiary/aromatic N) is 4. The Kier molecular flexibility index (Phi) is 6.34. The molecule has 0 aliphatic heterocycles. The first-order valence-electron chi connectivity index (χ1n) is 8.02. The zero-order valence-electron chi connectivity index (χ0n) is 13.9.